The van der Waals surface area contributed by atoms with Crippen LogP contribution in [0.5, 0.6) is 0 Å². The maximum absolute atomic E-state index is 12.9. The highest BCUT2D eigenvalue weighted by Gasteiger charge is 2.33. The number of hydrogen-bond donors (Lipinski definition) is 1. The van der Waals surface area contributed by atoms with Gasteiger partial charge in [0, 0.05) is 31.9 Å². The standard InChI is InChI=1S/C17H20N6O/c1-18-15-10-19-9-13(22-15)14-3-2-6-23(14)17(24)12-7-20-16(21-8-12)11-4-5-11/h7-11,14H,2-6H2,1H3,(H,18,22). The van der Waals surface area contributed by atoms with Crippen molar-refractivity contribution in [2.24, 2.45) is 0 Å². The van der Waals surface area contributed by atoms with Crippen molar-refractivity contribution in [3.05, 3.63) is 41.9 Å². The molecule has 1 amide bonds. The summed E-state index contributed by atoms with van der Waals surface area (Å²) < 4.78 is 0. The van der Waals surface area contributed by atoms with Gasteiger partial charge < -0.3 is 10.2 Å². The van der Waals surface area contributed by atoms with Gasteiger partial charge in [0.25, 0.3) is 5.91 Å². The van der Waals surface area contributed by atoms with Crippen LogP contribution < -0.4 is 5.32 Å². The van der Waals surface area contributed by atoms with Crippen LogP contribution in [0.3, 0.4) is 0 Å². The molecule has 1 saturated carbocycles. The Balaban J connectivity index is 1.55. The molecule has 1 aliphatic heterocycles. The van der Waals surface area contributed by atoms with Crippen molar-refractivity contribution in [1.82, 2.24) is 24.8 Å². The second-order valence-electron chi connectivity index (χ2n) is 6.34. The molecule has 1 unspecified atom stereocenters. The van der Waals surface area contributed by atoms with Gasteiger partial charge in [0.1, 0.15) is 11.6 Å². The molecule has 1 saturated heterocycles. The molecule has 2 fully saturated rings. The normalized spacial score (nSPS) is 20.2. The van der Waals surface area contributed by atoms with Gasteiger partial charge in [-0.3, -0.25) is 9.78 Å². The Morgan fingerprint density at radius 2 is 1.96 bits per heavy atom. The Morgan fingerprint density at radius 3 is 2.67 bits per heavy atom. The van der Waals surface area contributed by atoms with E-state index in [2.05, 4.69) is 25.3 Å². The van der Waals surface area contributed by atoms with Crippen molar-refractivity contribution in [2.75, 3.05) is 18.9 Å². The van der Waals surface area contributed by atoms with Crippen LogP contribution in [0.25, 0.3) is 0 Å². The third kappa shape index (κ3) is 2.81. The third-order valence-corrected chi connectivity index (χ3v) is 4.63. The van der Waals surface area contributed by atoms with Gasteiger partial charge in [-0.15, -0.1) is 0 Å². The molecule has 2 aliphatic rings. The molecule has 24 heavy (non-hydrogen) atoms. The average Bonchev–Trinajstić information content (AvgIpc) is 3.38. The fourth-order valence-electron chi connectivity index (χ4n) is 3.15. The molecular weight excluding hydrogens is 304 g/mol. The Kier molecular flexibility index (Phi) is 3.84. The lowest BCUT2D eigenvalue weighted by Gasteiger charge is -2.24. The zero-order chi connectivity index (χ0) is 16.5. The summed E-state index contributed by atoms with van der Waals surface area (Å²) >= 11 is 0. The Morgan fingerprint density at radius 1 is 1.17 bits per heavy atom. The predicted octanol–water partition coefficient (Wildman–Crippen LogP) is 2.16. The van der Waals surface area contributed by atoms with Crippen LogP contribution >= 0.6 is 0 Å². The molecule has 7 nitrogen and oxygen atoms in total. The molecule has 0 bridgehead atoms. The molecule has 2 aromatic rings. The van der Waals surface area contributed by atoms with E-state index in [9.17, 15) is 4.79 Å². The molecule has 0 radical (unpaired) electrons. The summed E-state index contributed by atoms with van der Waals surface area (Å²) in [5.41, 5.74) is 1.37. The minimum atomic E-state index is -0.0404. The smallest absolute Gasteiger partial charge is 0.257 e. The van der Waals surface area contributed by atoms with Gasteiger partial charge in [0.15, 0.2) is 0 Å². The molecule has 1 aliphatic carbocycles. The van der Waals surface area contributed by atoms with Crippen LogP contribution in [0.1, 0.15) is 59.5 Å². The van der Waals surface area contributed by atoms with Crippen LogP contribution in [0.4, 0.5) is 5.82 Å². The Hall–Kier alpha value is -2.57. The number of carbonyl (C=O) groups excluding carboxylic acids is 1. The number of aromatic nitrogens is 4. The number of likely N-dealkylation sites (tertiary alicyclic amines) is 1. The van der Waals surface area contributed by atoms with E-state index in [4.69, 9.17) is 0 Å². The molecular formula is C17H20N6O. The Bertz CT molecular complexity index is 743. The predicted molar refractivity (Wildman–Crippen MR) is 88.6 cm³/mol. The molecule has 1 N–H and O–H groups in total. The minimum absolute atomic E-state index is 0.0310. The van der Waals surface area contributed by atoms with E-state index < -0.39 is 0 Å². The van der Waals surface area contributed by atoms with Gasteiger partial charge >= 0.3 is 0 Å². The van der Waals surface area contributed by atoms with E-state index in [-0.39, 0.29) is 11.9 Å². The number of amides is 1. The number of anilines is 1. The van der Waals surface area contributed by atoms with Crippen LogP contribution in [0.2, 0.25) is 0 Å². The second-order valence-corrected chi connectivity index (χ2v) is 6.34. The first-order chi connectivity index (χ1) is 11.8. The minimum Gasteiger partial charge on any atom is -0.372 e. The maximum Gasteiger partial charge on any atom is 0.257 e. The van der Waals surface area contributed by atoms with Crippen molar-refractivity contribution >= 4 is 11.7 Å². The van der Waals surface area contributed by atoms with Crippen molar-refractivity contribution < 1.29 is 4.79 Å². The van der Waals surface area contributed by atoms with Crippen molar-refractivity contribution in [3.8, 4) is 0 Å². The fraction of sp³-hybridized carbons (Fsp3) is 0.471. The van der Waals surface area contributed by atoms with Gasteiger partial charge in [0.05, 0.1) is 29.7 Å². The topological polar surface area (TPSA) is 83.9 Å². The number of carbonyl (C=O) groups is 1. The first-order valence-electron chi connectivity index (χ1n) is 8.39. The van der Waals surface area contributed by atoms with E-state index in [0.717, 1.165) is 43.7 Å². The van der Waals surface area contributed by atoms with Crippen molar-refractivity contribution in [1.29, 1.82) is 0 Å². The Labute approximate surface area is 140 Å². The van der Waals surface area contributed by atoms with Crippen LogP contribution in [-0.4, -0.2) is 44.3 Å². The third-order valence-electron chi connectivity index (χ3n) is 4.63. The number of rotatable bonds is 4. The fourth-order valence-corrected chi connectivity index (χ4v) is 3.15. The lowest BCUT2D eigenvalue weighted by molar-refractivity contribution is 0.0732. The molecule has 124 valence electrons. The summed E-state index contributed by atoms with van der Waals surface area (Å²) in [5.74, 6) is 2.03. The van der Waals surface area contributed by atoms with E-state index in [1.165, 1.54) is 0 Å². The highest BCUT2D eigenvalue weighted by Crippen LogP contribution is 2.38. The summed E-state index contributed by atoms with van der Waals surface area (Å²) in [4.78, 5) is 32.2. The number of nitrogens with one attached hydrogen (secondary N) is 1. The van der Waals surface area contributed by atoms with Gasteiger partial charge in [0.2, 0.25) is 0 Å². The highest BCUT2D eigenvalue weighted by atomic mass is 16.2. The van der Waals surface area contributed by atoms with Gasteiger partial charge in [-0.1, -0.05) is 0 Å². The summed E-state index contributed by atoms with van der Waals surface area (Å²) in [6, 6.07) is -0.0404. The van der Waals surface area contributed by atoms with Gasteiger partial charge in [-0.2, -0.15) is 0 Å². The molecule has 2 aromatic heterocycles. The zero-order valence-electron chi connectivity index (χ0n) is 13.6. The second kappa shape index (κ2) is 6.14. The largest absolute Gasteiger partial charge is 0.372 e. The van der Waals surface area contributed by atoms with E-state index in [1.807, 2.05) is 11.9 Å². The summed E-state index contributed by atoms with van der Waals surface area (Å²) in [6.45, 7) is 0.722. The molecule has 3 heterocycles. The van der Waals surface area contributed by atoms with E-state index in [1.54, 1.807) is 24.8 Å². The van der Waals surface area contributed by atoms with Crippen molar-refractivity contribution in [2.45, 2.75) is 37.6 Å². The van der Waals surface area contributed by atoms with Crippen LogP contribution in [0, 0.1) is 0 Å². The lowest BCUT2D eigenvalue weighted by Crippen LogP contribution is -2.31. The monoisotopic (exact) mass is 324 g/mol. The molecule has 1 atom stereocenters. The lowest BCUT2D eigenvalue weighted by atomic mass is 10.1. The van der Waals surface area contributed by atoms with Gasteiger partial charge in [-0.05, 0) is 25.7 Å². The van der Waals surface area contributed by atoms with E-state index in [0.29, 0.717) is 17.3 Å². The SMILES string of the molecule is CNc1cncc(C2CCCN2C(=O)c2cnc(C3CC3)nc2)n1. The number of hydrogen-bond acceptors (Lipinski definition) is 6. The summed E-state index contributed by atoms with van der Waals surface area (Å²) in [5, 5.41) is 2.99. The summed E-state index contributed by atoms with van der Waals surface area (Å²) in [7, 11) is 1.81. The summed E-state index contributed by atoms with van der Waals surface area (Å²) in [6.07, 6.45) is 10.9. The first kappa shape index (κ1) is 15.0. The molecule has 7 heteroatoms. The van der Waals surface area contributed by atoms with Crippen LogP contribution in [-0.2, 0) is 0 Å². The molecule has 0 spiro atoms. The van der Waals surface area contributed by atoms with Gasteiger partial charge in [-0.25, -0.2) is 15.0 Å². The highest BCUT2D eigenvalue weighted by molar-refractivity contribution is 5.94. The molecule has 4 rings (SSSR count). The average molecular weight is 324 g/mol. The first-order valence-corrected chi connectivity index (χ1v) is 8.39. The maximum atomic E-state index is 12.9. The molecule has 0 aromatic carbocycles. The van der Waals surface area contributed by atoms with Crippen molar-refractivity contribution in [3.63, 3.8) is 0 Å². The van der Waals surface area contributed by atoms with E-state index >= 15 is 0 Å². The number of nitrogens with zero attached hydrogens (tertiary/aromatic N) is 5. The van der Waals surface area contributed by atoms with Crippen LogP contribution in [0.15, 0.2) is 24.8 Å². The zero-order valence-corrected chi connectivity index (χ0v) is 13.6. The quantitative estimate of drug-likeness (QED) is 0.928.